The molecule has 0 aromatic heterocycles. The molecule has 2 N–H and O–H groups in total. The number of allylic oxidation sites excluding steroid dienone is 1. The zero-order valence-electron chi connectivity index (χ0n) is 49.2. The smallest absolute Gasteiger partial charge is 0.408 e. The van der Waals surface area contributed by atoms with Crippen molar-refractivity contribution in [1.29, 1.82) is 0 Å². The summed E-state index contributed by atoms with van der Waals surface area (Å²) in [5.41, 5.74) is 1.45. The van der Waals surface area contributed by atoms with Crippen molar-refractivity contribution in [3.05, 3.63) is 41.5 Å². The number of methoxy groups -OCH3 is 1. The first-order valence-corrected chi connectivity index (χ1v) is 29.5. The van der Waals surface area contributed by atoms with E-state index in [1.807, 2.05) is 77.6 Å². The van der Waals surface area contributed by atoms with E-state index in [-0.39, 0.29) is 50.0 Å². The van der Waals surface area contributed by atoms with Crippen LogP contribution in [0.4, 0.5) is 9.59 Å². The molecule has 74 heavy (non-hydrogen) atoms. The average Bonchev–Trinajstić information content (AvgIpc) is 3.68. The van der Waals surface area contributed by atoms with Gasteiger partial charge in [0.1, 0.15) is 24.1 Å². The molecule has 11 heteroatoms. The van der Waals surface area contributed by atoms with Crippen LogP contribution in [0.2, 0.25) is 0 Å². The largest absolute Gasteiger partial charge is 0.497 e. The second-order valence-corrected chi connectivity index (χ2v) is 26.8. The summed E-state index contributed by atoms with van der Waals surface area (Å²) in [7, 11) is 1.62. The van der Waals surface area contributed by atoms with E-state index in [9.17, 15) is 19.2 Å². The van der Waals surface area contributed by atoms with Gasteiger partial charge in [-0.15, -0.1) is 0 Å². The number of ether oxygens (including phenoxy) is 4. The number of carbonyl (C=O) groups is 4. The van der Waals surface area contributed by atoms with Crippen LogP contribution in [-0.2, 0) is 30.4 Å². The summed E-state index contributed by atoms with van der Waals surface area (Å²) in [4.78, 5) is 54.5. The summed E-state index contributed by atoms with van der Waals surface area (Å²) in [5.74, 6) is 6.16. The maximum Gasteiger partial charge on any atom is 0.408 e. The molecule has 3 saturated carbocycles. The number of unbranched alkanes of at least 4 members (excludes halogenated alkanes) is 4. The number of fused-ring (bicyclic) bond motifs is 5. The zero-order valence-corrected chi connectivity index (χ0v) is 49.2. The van der Waals surface area contributed by atoms with Gasteiger partial charge in [-0.1, -0.05) is 104 Å². The van der Waals surface area contributed by atoms with E-state index < -0.39 is 28.9 Å². The highest BCUT2D eigenvalue weighted by Crippen LogP contribution is 2.67. The molecule has 0 spiro atoms. The van der Waals surface area contributed by atoms with Crippen molar-refractivity contribution in [2.75, 3.05) is 20.2 Å². The predicted molar refractivity (Wildman–Crippen MR) is 309 cm³/mol. The second kappa shape index (κ2) is 27.0. The summed E-state index contributed by atoms with van der Waals surface area (Å²) >= 11 is 0. The molecule has 0 saturated heterocycles. The molecule has 1 aromatic carbocycles. The second-order valence-electron chi connectivity index (χ2n) is 26.8. The van der Waals surface area contributed by atoms with Gasteiger partial charge in [-0.2, -0.15) is 0 Å². The number of hydrogen-bond acceptors (Lipinski definition) is 8. The minimum absolute atomic E-state index is 0. The molecule has 0 aliphatic heterocycles. The van der Waals surface area contributed by atoms with Crippen molar-refractivity contribution in [3.63, 3.8) is 0 Å². The standard InChI is InChI=1S/C63H105N3O8.5H2/c1-15-47(44(2)3)27-24-45(4)52-32-33-53-51-31-28-48-42-50(34-37-62(48,12)54(51)35-38-63(52,53)13)73-56(68)23-21-22-55(67)66(41-39-61(10,11)65-58(70)74-59(5,6)7)40-20-18-16-17-19-36-60(8,9)64-57(69)72-43-46-25-29-49(71-14)30-26-46;;;;;/h25-26,28-30,44-45,47,50-54H,15-24,27,31-43H2,1-14H3,(H,64,69)(H,65,70);5*1H/t45-,47-,50+,51+,52?,53?,54?,62+,63-;;;;;/m1...../s1. The fourth-order valence-electron chi connectivity index (χ4n) is 14.2. The zero-order chi connectivity index (χ0) is 54.5. The maximum absolute atomic E-state index is 13.9. The molecule has 0 heterocycles. The first kappa shape index (κ1) is 61.1. The summed E-state index contributed by atoms with van der Waals surface area (Å²) < 4.78 is 22.4. The first-order valence-electron chi connectivity index (χ1n) is 29.5. The van der Waals surface area contributed by atoms with E-state index in [0.717, 1.165) is 111 Å². The van der Waals surface area contributed by atoms with Crippen LogP contribution in [0.25, 0.3) is 0 Å². The van der Waals surface area contributed by atoms with Crippen LogP contribution in [0, 0.1) is 52.3 Å². The summed E-state index contributed by atoms with van der Waals surface area (Å²) in [5, 5.41) is 6.01. The number of nitrogens with zero attached hydrogens (tertiary/aromatic N) is 1. The van der Waals surface area contributed by atoms with Crippen molar-refractivity contribution in [1.82, 2.24) is 15.5 Å². The third-order valence-electron chi connectivity index (χ3n) is 18.7. The van der Waals surface area contributed by atoms with Gasteiger partial charge in [-0.05, 0) is 195 Å². The lowest BCUT2D eigenvalue weighted by molar-refractivity contribution is -0.151. The number of benzene rings is 1. The van der Waals surface area contributed by atoms with E-state index in [1.54, 1.807) is 7.11 Å². The summed E-state index contributed by atoms with van der Waals surface area (Å²) in [6.45, 7) is 29.7. The molecule has 1 aromatic rings. The lowest BCUT2D eigenvalue weighted by atomic mass is 9.47. The first-order chi connectivity index (χ1) is 34.8. The molecule has 11 nitrogen and oxygen atoms in total. The Morgan fingerprint density at radius 2 is 1.45 bits per heavy atom. The molecular formula is C63H115N3O8. The molecule has 9 atom stereocenters. The highest BCUT2D eigenvalue weighted by atomic mass is 16.6. The predicted octanol–water partition coefficient (Wildman–Crippen LogP) is 16.6. The SMILES string of the molecule is CC[C@H](CC[C@@H](C)C1CCC2[C@@H]3CC=C4C[C@@H](OC(=O)CCCC(=O)N(CCCCCCCC(C)(C)NC(=O)OCc5ccc(OC)cc5)CCC(C)(C)NC(=O)OC(C)(C)C)CC[C@]4(C)C3CC[C@@]21C)C(C)C.[HH].[HH].[HH].[HH].[HH]. The van der Waals surface area contributed by atoms with E-state index in [1.165, 1.54) is 56.9 Å². The van der Waals surface area contributed by atoms with Crippen molar-refractivity contribution in [3.8, 4) is 5.75 Å². The Morgan fingerprint density at radius 1 is 0.770 bits per heavy atom. The Hall–Kier alpha value is -3.76. The number of nitrogens with one attached hydrogen (secondary N) is 2. The fourth-order valence-corrected chi connectivity index (χ4v) is 14.2. The number of esters is 1. The van der Waals surface area contributed by atoms with Crippen LogP contribution in [0.3, 0.4) is 0 Å². The van der Waals surface area contributed by atoms with E-state index >= 15 is 0 Å². The van der Waals surface area contributed by atoms with Crippen LogP contribution < -0.4 is 15.4 Å². The summed E-state index contributed by atoms with van der Waals surface area (Å²) in [6.07, 6.45) is 22.2. The van der Waals surface area contributed by atoms with Gasteiger partial charge in [-0.3, -0.25) is 9.59 Å². The molecule has 0 radical (unpaired) electrons. The molecule has 430 valence electrons. The minimum atomic E-state index is -0.615. The van der Waals surface area contributed by atoms with E-state index in [2.05, 4.69) is 58.3 Å². The molecule has 4 aliphatic rings. The lowest BCUT2D eigenvalue weighted by Gasteiger charge is -2.58. The number of carbonyl (C=O) groups excluding carboxylic acids is 4. The van der Waals surface area contributed by atoms with Crippen LogP contribution in [0.15, 0.2) is 35.9 Å². The van der Waals surface area contributed by atoms with Crippen molar-refractivity contribution in [2.24, 2.45) is 52.3 Å². The minimum Gasteiger partial charge on any atom is -0.497 e. The molecule has 3 amide bonds. The van der Waals surface area contributed by atoms with Gasteiger partial charge < -0.3 is 34.5 Å². The van der Waals surface area contributed by atoms with Gasteiger partial charge >= 0.3 is 18.2 Å². The van der Waals surface area contributed by atoms with Gasteiger partial charge in [0, 0.05) is 50.6 Å². The normalized spacial score (nSPS) is 25.6. The van der Waals surface area contributed by atoms with Gasteiger partial charge in [0.05, 0.1) is 7.11 Å². The monoisotopic (exact) mass is 1040 g/mol. The quantitative estimate of drug-likeness (QED) is 0.0385. The van der Waals surface area contributed by atoms with Crippen molar-refractivity contribution < 1.29 is 45.3 Å². The third-order valence-corrected chi connectivity index (χ3v) is 18.7. The third kappa shape index (κ3) is 17.6. The molecule has 0 bridgehead atoms. The Balaban J connectivity index is 0.0000122. The molecule has 5 rings (SSSR count). The maximum atomic E-state index is 13.9. The number of alkyl carbamates (subject to hydrolysis) is 2. The molecule has 4 aliphatic carbocycles. The van der Waals surface area contributed by atoms with Gasteiger partial charge in [-0.25, -0.2) is 9.59 Å². The van der Waals surface area contributed by atoms with Crippen LogP contribution in [0.5, 0.6) is 5.75 Å². The van der Waals surface area contributed by atoms with E-state index in [4.69, 9.17) is 18.9 Å². The Kier molecular flexibility index (Phi) is 22.3. The van der Waals surface area contributed by atoms with Crippen molar-refractivity contribution >= 4 is 24.1 Å². The van der Waals surface area contributed by atoms with Gasteiger partial charge in [0.2, 0.25) is 5.91 Å². The van der Waals surface area contributed by atoms with Crippen molar-refractivity contribution in [2.45, 2.75) is 254 Å². The highest BCUT2D eigenvalue weighted by Gasteiger charge is 2.59. The molecule has 3 fully saturated rings. The Bertz CT molecular complexity index is 2020. The van der Waals surface area contributed by atoms with Crippen LogP contribution in [0.1, 0.15) is 238 Å². The summed E-state index contributed by atoms with van der Waals surface area (Å²) in [6, 6.07) is 7.45. The molecule has 3 unspecified atom stereocenters. The number of hydrogen-bond donors (Lipinski definition) is 2. The number of amides is 3. The Labute approximate surface area is 457 Å². The van der Waals surface area contributed by atoms with E-state index in [0.29, 0.717) is 31.3 Å². The highest BCUT2D eigenvalue weighted by molar-refractivity contribution is 5.77. The Morgan fingerprint density at radius 3 is 2.12 bits per heavy atom. The van der Waals surface area contributed by atoms with Gasteiger partial charge in [0.15, 0.2) is 0 Å². The van der Waals surface area contributed by atoms with Gasteiger partial charge in [0.25, 0.3) is 0 Å². The fraction of sp³-hybridized carbons (Fsp3) is 0.810. The number of rotatable bonds is 27. The topological polar surface area (TPSA) is 132 Å². The molecular weight excluding hydrogens is 927 g/mol. The average molecular weight is 1040 g/mol. The lowest BCUT2D eigenvalue weighted by Crippen LogP contribution is -2.51. The van der Waals surface area contributed by atoms with Crippen LogP contribution >= 0.6 is 0 Å². The van der Waals surface area contributed by atoms with Crippen LogP contribution in [-0.4, -0.2) is 71.9 Å².